The Bertz CT molecular complexity index is 1600. The molecule has 3 rings (SSSR count). The van der Waals surface area contributed by atoms with Crippen LogP contribution in [0.25, 0.3) is 0 Å². The van der Waals surface area contributed by atoms with Gasteiger partial charge in [-0.1, -0.05) is 64.1 Å². The largest absolute Gasteiger partial charge is 0.508 e. The average molecular weight is 759 g/mol. The second kappa shape index (κ2) is 20.6. The van der Waals surface area contributed by atoms with Crippen LogP contribution in [0.5, 0.6) is 5.75 Å². The number of primary amides is 2. The number of nitrogens with one attached hydrogen (secondary N) is 5. The molecular formula is C33H42N8O9S2. The van der Waals surface area contributed by atoms with E-state index in [9.17, 15) is 43.5 Å². The summed E-state index contributed by atoms with van der Waals surface area (Å²) in [5.41, 5.74) is 18.0. The maximum Gasteiger partial charge on any atom is 0.243 e. The zero-order valence-electron chi connectivity index (χ0n) is 27.9. The van der Waals surface area contributed by atoms with Crippen LogP contribution in [-0.2, 0) is 51.2 Å². The van der Waals surface area contributed by atoms with Crippen molar-refractivity contribution in [3.05, 3.63) is 65.7 Å². The van der Waals surface area contributed by atoms with Gasteiger partial charge in [-0.15, -0.1) is 0 Å². The van der Waals surface area contributed by atoms with Crippen molar-refractivity contribution in [3.63, 3.8) is 0 Å². The summed E-state index contributed by atoms with van der Waals surface area (Å²) in [6, 6.07) is 6.66. The maximum absolute atomic E-state index is 13.9. The first-order valence-corrected chi connectivity index (χ1v) is 18.6. The number of nitrogens with two attached hydrogens (primary N) is 3. The van der Waals surface area contributed by atoms with E-state index in [-0.39, 0.29) is 42.9 Å². The fourth-order valence-corrected chi connectivity index (χ4v) is 7.17. The van der Waals surface area contributed by atoms with Gasteiger partial charge in [0.15, 0.2) is 0 Å². The first-order valence-electron chi connectivity index (χ1n) is 16.1. The smallest absolute Gasteiger partial charge is 0.243 e. The third-order valence-corrected chi connectivity index (χ3v) is 10.2. The number of aromatic hydroxyl groups is 1. The van der Waals surface area contributed by atoms with Gasteiger partial charge in [-0.05, 0) is 29.7 Å². The number of aldehydes is 1. The highest BCUT2D eigenvalue weighted by Crippen LogP contribution is 2.22. The van der Waals surface area contributed by atoms with Gasteiger partial charge >= 0.3 is 0 Å². The van der Waals surface area contributed by atoms with Gasteiger partial charge in [0, 0.05) is 30.8 Å². The molecule has 0 aliphatic carbocycles. The molecule has 2 aromatic carbocycles. The Balaban J connectivity index is 2.03. The Kier molecular flexibility index (Phi) is 16.4. The summed E-state index contributed by atoms with van der Waals surface area (Å²) < 4.78 is 0. The number of phenolic OH excluding ortho intramolecular Hbond substituents is 1. The van der Waals surface area contributed by atoms with Gasteiger partial charge in [-0.25, -0.2) is 0 Å². The zero-order valence-corrected chi connectivity index (χ0v) is 29.6. The van der Waals surface area contributed by atoms with E-state index in [0.717, 1.165) is 21.6 Å². The maximum atomic E-state index is 13.9. The first kappa shape index (κ1) is 41.3. The lowest BCUT2D eigenvalue weighted by Gasteiger charge is -2.27. The van der Waals surface area contributed by atoms with Crippen molar-refractivity contribution in [2.75, 3.05) is 11.5 Å². The SMILES string of the molecule is NC(=O)CC[C@@H]1NC(=O)[C@H](Cc2ccccc2)NC(=O)[C@H](Cc2ccc(O)cc2)NC(=O)[C@@H](N)CSSC[C@@H](C=O)NC(=O)[C@H](CC(N)=O)NC1=O. The second-order valence-electron chi connectivity index (χ2n) is 11.9. The van der Waals surface area contributed by atoms with Crippen LogP contribution >= 0.6 is 21.6 Å². The van der Waals surface area contributed by atoms with E-state index in [4.69, 9.17) is 17.2 Å². The minimum atomic E-state index is -1.57. The number of hydrogen-bond acceptors (Lipinski definition) is 12. The summed E-state index contributed by atoms with van der Waals surface area (Å²) >= 11 is 0. The number of carbonyl (C=O) groups excluding carboxylic acids is 8. The summed E-state index contributed by atoms with van der Waals surface area (Å²) in [7, 11) is 2.23. The first-order chi connectivity index (χ1) is 24.7. The predicted octanol–water partition coefficient (Wildman–Crippen LogP) is -2.34. The molecule has 7 amide bonds. The second-order valence-corrected chi connectivity index (χ2v) is 14.5. The molecule has 1 fully saturated rings. The number of amides is 7. The average Bonchev–Trinajstić information content (AvgIpc) is 3.10. The molecule has 0 saturated carbocycles. The number of rotatable bonds is 10. The summed E-state index contributed by atoms with van der Waals surface area (Å²) in [6.07, 6.45) is -1.05. The Hall–Kier alpha value is -5.14. The molecule has 19 heteroatoms. The molecule has 12 N–H and O–H groups in total. The van der Waals surface area contributed by atoms with Crippen LogP contribution in [0.15, 0.2) is 54.6 Å². The van der Waals surface area contributed by atoms with E-state index >= 15 is 0 Å². The minimum absolute atomic E-state index is 0.0114. The predicted molar refractivity (Wildman–Crippen MR) is 193 cm³/mol. The van der Waals surface area contributed by atoms with Crippen molar-refractivity contribution in [1.29, 1.82) is 0 Å². The molecule has 52 heavy (non-hydrogen) atoms. The third-order valence-electron chi connectivity index (χ3n) is 7.68. The molecular weight excluding hydrogens is 717 g/mol. The number of carbonyl (C=O) groups is 8. The van der Waals surface area contributed by atoms with E-state index in [2.05, 4.69) is 26.6 Å². The monoisotopic (exact) mass is 758 g/mol. The topological polar surface area (TPSA) is 295 Å². The van der Waals surface area contributed by atoms with E-state index in [1.54, 1.807) is 42.5 Å². The molecule has 0 unspecified atom stereocenters. The van der Waals surface area contributed by atoms with E-state index < -0.39 is 84.0 Å². The van der Waals surface area contributed by atoms with Gasteiger partial charge in [-0.2, -0.15) is 0 Å². The fourth-order valence-electron chi connectivity index (χ4n) is 4.91. The van der Waals surface area contributed by atoms with Gasteiger partial charge < -0.3 is 53.7 Å². The Morgan fingerprint density at radius 3 is 1.75 bits per heavy atom. The van der Waals surface area contributed by atoms with Gasteiger partial charge in [0.25, 0.3) is 0 Å². The van der Waals surface area contributed by atoms with Crippen molar-refractivity contribution < 1.29 is 43.5 Å². The van der Waals surface area contributed by atoms with Crippen molar-refractivity contribution in [2.45, 2.75) is 68.4 Å². The quantitative estimate of drug-likeness (QED) is 0.0911. The van der Waals surface area contributed by atoms with Crippen molar-refractivity contribution in [2.24, 2.45) is 17.2 Å². The van der Waals surface area contributed by atoms with Crippen molar-refractivity contribution in [1.82, 2.24) is 26.6 Å². The van der Waals surface area contributed by atoms with Crippen LogP contribution in [-0.4, -0.2) is 100 Å². The molecule has 1 aliphatic heterocycles. The molecule has 17 nitrogen and oxygen atoms in total. The highest BCUT2D eigenvalue weighted by molar-refractivity contribution is 8.76. The van der Waals surface area contributed by atoms with Crippen LogP contribution in [0.4, 0.5) is 0 Å². The van der Waals surface area contributed by atoms with Crippen LogP contribution in [0.2, 0.25) is 0 Å². The molecule has 0 aromatic heterocycles. The van der Waals surface area contributed by atoms with Crippen molar-refractivity contribution in [3.8, 4) is 5.75 Å². The highest BCUT2D eigenvalue weighted by atomic mass is 33.1. The van der Waals surface area contributed by atoms with Crippen LogP contribution in [0.3, 0.4) is 0 Å². The molecule has 0 radical (unpaired) electrons. The molecule has 0 bridgehead atoms. The van der Waals surface area contributed by atoms with Gasteiger partial charge in [0.05, 0.1) is 18.5 Å². The fraction of sp³-hybridized carbons (Fsp3) is 0.394. The van der Waals surface area contributed by atoms with Gasteiger partial charge in [0.2, 0.25) is 41.4 Å². The molecule has 1 heterocycles. The highest BCUT2D eigenvalue weighted by Gasteiger charge is 2.33. The summed E-state index contributed by atoms with van der Waals surface area (Å²) in [4.78, 5) is 103. The van der Waals surface area contributed by atoms with Crippen LogP contribution < -0.4 is 43.8 Å². The molecule has 1 aliphatic rings. The summed E-state index contributed by atoms with van der Waals surface area (Å²) in [5, 5.41) is 22.4. The number of benzene rings is 2. The summed E-state index contributed by atoms with van der Waals surface area (Å²) in [6.45, 7) is 0. The lowest BCUT2D eigenvalue weighted by molar-refractivity contribution is -0.135. The van der Waals surface area contributed by atoms with Gasteiger partial charge in [0.1, 0.15) is 36.2 Å². The van der Waals surface area contributed by atoms with E-state index in [1.165, 1.54) is 12.1 Å². The molecule has 1 saturated heterocycles. The zero-order chi connectivity index (χ0) is 38.2. The number of hydrogen-bond donors (Lipinski definition) is 9. The van der Waals surface area contributed by atoms with Crippen LogP contribution in [0.1, 0.15) is 30.4 Å². The number of phenols is 1. The Morgan fingerprint density at radius 1 is 0.673 bits per heavy atom. The Morgan fingerprint density at radius 2 is 1.17 bits per heavy atom. The van der Waals surface area contributed by atoms with Crippen LogP contribution in [0, 0.1) is 0 Å². The van der Waals surface area contributed by atoms with E-state index in [0.29, 0.717) is 17.4 Å². The molecule has 280 valence electrons. The standard InChI is InChI=1S/C33H42N8O9S2/c34-22-17-52-51-16-20(15-42)37-31(48)26(14-28(36)45)41-30(47)23(10-11-27(35)44)38-32(49)25(12-18-4-2-1-3-5-18)40-33(50)24(39-29(22)46)13-19-6-8-21(43)9-7-19/h1-9,15,20,22-26,43H,10-14,16-17,34H2,(H2,35,44)(H2,36,45)(H,37,48)(H,38,49)(H,39,46)(H,40,50)(H,41,47)/t20-,22+,23+,24+,25+,26+/m1/s1. The van der Waals surface area contributed by atoms with E-state index in [1.807, 2.05) is 0 Å². The lowest BCUT2D eigenvalue weighted by atomic mass is 10.0. The molecule has 0 spiro atoms. The Labute approximate surface area is 307 Å². The van der Waals surface area contributed by atoms with Gasteiger partial charge in [-0.3, -0.25) is 33.6 Å². The molecule has 2 aromatic rings. The lowest BCUT2D eigenvalue weighted by Crippen LogP contribution is -2.60. The van der Waals surface area contributed by atoms with Crippen molar-refractivity contribution >= 4 is 69.2 Å². The summed E-state index contributed by atoms with van der Waals surface area (Å²) in [5.74, 6) is -5.96. The minimum Gasteiger partial charge on any atom is -0.508 e. The third kappa shape index (κ3) is 13.9. The normalized spacial score (nSPS) is 24.2. The molecule has 6 atom stereocenters.